The number of hydrogen-bond donors (Lipinski definition) is 8. The summed E-state index contributed by atoms with van der Waals surface area (Å²) in [6.07, 6.45) is 4.04. The van der Waals surface area contributed by atoms with Gasteiger partial charge in [-0.2, -0.15) is 0 Å². The molecule has 4 aromatic rings. The van der Waals surface area contributed by atoms with Gasteiger partial charge in [0.05, 0.1) is 18.8 Å². The Morgan fingerprint density at radius 3 is 2.14 bits per heavy atom. The number of carbonyl (C=O) groups is 5. The smallest absolute Gasteiger partial charge is 0.326 e. The van der Waals surface area contributed by atoms with Crippen molar-refractivity contribution in [2.45, 2.75) is 49.9 Å². The summed E-state index contributed by atoms with van der Waals surface area (Å²) in [5, 5.41) is 18.0. The number of aromatic amines is 2. The number of fused-ring (bicyclic) bond motifs is 1. The Hall–Kier alpha value is -5.50. The van der Waals surface area contributed by atoms with Crippen LogP contribution in [0.1, 0.15) is 23.2 Å². The molecule has 44 heavy (non-hydrogen) atoms. The molecule has 14 heteroatoms. The maximum absolute atomic E-state index is 13.5. The third-order valence-corrected chi connectivity index (χ3v) is 7.00. The molecular formula is C30H34N8O6. The standard InChI is InChI=1S/C30H34N8O6/c31-21(11-18-14-34-22-9-5-4-8-20(18)22)27(40)36-23(10-17-6-2-1-3-7-17)28(41)37-24(13-26(32)39)29(42)38-25(30(43)44)12-19-15-33-16-35-19/h1-9,14-16,21,23-25,34H,10-13,31H2,(H2,32,39)(H,33,35)(H,36,40)(H,37,41)(H,38,42)(H,43,44). The van der Waals surface area contributed by atoms with Crippen LogP contribution in [0.25, 0.3) is 10.9 Å². The van der Waals surface area contributed by atoms with E-state index in [9.17, 15) is 29.1 Å². The molecule has 2 heterocycles. The van der Waals surface area contributed by atoms with Gasteiger partial charge in [0, 0.05) is 41.8 Å². The van der Waals surface area contributed by atoms with Crippen LogP contribution in [0.15, 0.2) is 73.3 Å². The van der Waals surface area contributed by atoms with Gasteiger partial charge in [-0.25, -0.2) is 9.78 Å². The molecule has 0 aliphatic rings. The van der Waals surface area contributed by atoms with E-state index in [0.717, 1.165) is 16.5 Å². The van der Waals surface area contributed by atoms with Crippen LogP contribution in [-0.2, 0) is 43.2 Å². The number of amides is 4. The van der Waals surface area contributed by atoms with Gasteiger partial charge in [-0.05, 0) is 23.6 Å². The van der Waals surface area contributed by atoms with Gasteiger partial charge in [0.2, 0.25) is 23.6 Å². The van der Waals surface area contributed by atoms with Crippen LogP contribution in [0.3, 0.4) is 0 Å². The lowest BCUT2D eigenvalue weighted by molar-refractivity contribution is -0.142. The Morgan fingerprint density at radius 2 is 1.45 bits per heavy atom. The number of para-hydroxylation sites is 1. The second-order valence-electron chi connectivity index (χ2n) is 10.3. The fourth-order valence-corrected chi connectivity index (χ4v) is 4.74. The molecule has 2 aromatic carbocycles. The maximum Gasteiger partial charge on any atom is 0.326 e. The average molecular weight is 603 g/mol. The third-order valence-electron chi connectivity index (χ3n) is 7.00. The molecule has 4 atom stereocenters. The molecule has 4 rings (SSSR count). The number of primary amides is 1. The van der Waals surface area contributed by atoms with Crippen LogP contribution in [0.4, 0.5) is 0 Å². The molecule has 4 amide bonds. The zero-order valence-electron chi connectivity index (χ0n) is 23.7. The van der Waals surface area contributed by atoms with Crippen molar-refractivity contribution in [3.8, 4) is 0 Å². The minimum absolute atomic E-state index is 0.0424. The van der Waals surface area contributed by atoms with Gasteiger partial charge in [-0.1, -0.05) is 48.5 Å². The molecule has 0 bridgehead atoms. The van der Waals surface area contributed by atoms with Gasteiger partial charge in [-0.15, -0.1) is 0 Å². The molecule has 0 fully saturated rings. The van der Waals surface area contributed by atoms with Crippen molar-refractivity contribution in [3.05, 3.63) is 90.1 Å². The zero-order valence-corrected chi connectivity index (χ0v) is 23.7. The van der Waals surface area contributed by atoms with E-state index >= 15 is 0 Å². The molecule has 0 saturated heterocycles. The molecule has 10 N–H and O–H groups in total. The Morgan fingerprint density at radius 1 is 0.795 bits per heavy atom. The quantitative estimate of drug-likeness (QED) is 0.0893. The number of aromatic nitrogens is 3. The van der Waals surface area contributed by atoms with E-state index in [1.165, 1.54) is 12.5 Å². The van der Waals surface area contributed by atoms with E-state index in [1.54, 1.807) is 36.5 Å². The van der Waals surface area contributed by atoms with E-state index in [0.29, 0.717) is 11.3 Å². The predicted molar refractivity (Wildman–Crippen MR) is 160 cm³/mol. The first kappa shape index (κ1) is 31.4. The van der Waals surface area contributed by atoms with Crippen LogP contribution >= 0.6 is 0 Å². The van der Waals surface area contributed by atoms with Crippen LogP contribution < -0.4 is 27.4 Å². The summed E-state index contributed by atoms with van der Waals surface area (Å²) in [5.41, 5.74) is 14.5. The molecule has 230 valence electrons. The zero-order chi connectivity index (χ0) is 31.6. The number of carboxylic acid groups (broad SMARTS) is 1. The lowest BCUT2D eigenvalue weighted by Gasteiger charge is -2.25. The number of nitrogens with zero attached hydrogens (tertiary/aromatic N) is 1. The minimum atomic E-state index is -1.52. The van der Waals surface area contributed by atoms with Crippen molar-refractivity contribution in [1.29, 1.82) is 0 Å². The molecule has 0 spiro atoms. The molecule has 2 aromatic heterocycles. The summed E-state index contributed by atoms with van der Waals surface area (Å²) in [6.45, 7) is 0. The van der Waals surface area contributed by atoms with Gasteiger partial charge >= 0.3 is 5.97 Å². The first-order valence-corrected chi connectivity index (χ1v) is 13.8. The summed E-state index contributed by atoms with van der Waals surface area (Å²) in [4.78, 5) is 73.2. The fourth-order valence-electron chi connectivity index (χ4n) is 4.74. The summed E-state index contributed by atoms with van der Waals surface area (Å²) < 4.78 is 0. The number of H-pyrrole nitrogens is 2. The van der Waals surface area contributed by atoms with Crippen molar-refractivity contribution in [3.63, 3.8) is 0 Å². The van der Waals surface area contributed by atoms with Gasteiger partial charge in [0.25, 0.3) is 0 Å². The number of nitrogens with one attached hydrogen (secondary N) is 5. The Balaban J connectivity index is 1.49. The summed E-state index contributed by atoms with van der Waals surface area (Å²) in [5.74, 6) is -4.58. The largest absolute Gasteiger partial charge is 0.480 e. The Labute approximate surface area is 252 Å². The van der Waals surface area contributed by atoms with Crippen molar-refractivity contribution in [2.24, 2.45) is 11.5 Å². The number of imidazole rings is 1. The van der Waals surface area contributed by atoms with E-state index in [-0.39, 0.29) is 19.3 Å². The van der Waals surface area contributed by atoms with E-state index in [1.807, 2.05) is 24.3 Å². The molecule has 0 radical (unpaired) electrons. The SMILES string of the molecule is NC(=O)CC(NC(=O)C(Cc1ccccc1)NC(=O)C(N)Cc1c[nH]c2ccccc12)C(=O)NC(Cc1cnc[nH]1)C(=O)O. The van der Waals surface area contributed by atoms with Gasteiger partial charge in [-0.3, -0.25) is 19.2 Å². The molecule has 4 unspecified atom stereocenters. The number of carbonyl (C=O) groups excluding carboxylic acids is 4. The van der Waals surface area contributed by atoms with E-state index in [2.05, 4.69) is 30.9 Å². The highest BCUT2D eigenvalue weighted by molar-refractivity contribution is 5.96. The van der Waals surface area contributed by atoms with Gasteiger partial charge < -0.3 is 42.5 Å². The number of aliphatic carboxylic acids is 1. The first-order valence-electron chi connectivity index (χ1n) is 13.8. The number of hydrogen-bond acceptors (Lipinski definition) is 7. The predicted octanol–water partition coefficient (Wildman–Crippen LogP) is -0.339. The minimum Gasteiger partial charge on any atom is -0.480 e. The highest BCUT2D eigenvalue weighted by Gasteiger charge is 2.32. The lowest BCUT2D eigenvalue weighted by atomic mass is 10.0. The average Bonchev–Trinajstić information content (AvgIpc) is 3.66. The number of carboxylic acids is 1. The highest BCUT2D eigenvalue weighted by Crippen LogP contribution is 2.19. The van der Waals surface area contributed by atoms with Crippen LogP contribution in [0.5, 0.6) is 0 Å². The number of nitrogens with two attached hydrogens (primary N) is 2. The van der Waals surface area contributed by atoms with Gasteiger partial charge in [0.15, 0.2) is 0 Å². The van der Waals surface area contributed by atoms with Crippen molar-refractivity contribution < 1.29 is 29.1 Å². The van der Waals surface area contributed by atoms with Crippen LogP contribution in [-0.4, -0.2) is 73.8 Å². The topological polar surface area (TPSA) is 238 Å². The normalized spacial score (nSPS) is 13.8. The molecule has 0 aliphatic carbocycles. The van der Waals surface area contributed by atoms with Crippen molar-refractivity contribution in [1.82, 2.24) is 30.9 Å². The summed E-state index contributed by atoms with van der Waals surface area (Å²) >= 11 is 0. The van der Waals surface area contributed by atoms with Crippen LogP contribution in [0, 0.1) is 0 Å². The Bertz CT molecular complexity index is 1600. The lowest BCUT2D eigenvalue weighted by Crippen LogP contribution is -2.58. The van der Waals surface area contributed by atoms with E-state index < -0.39 is 60.2 Å². The van der Waals surface area contributed by atoms with Crippen molar-refractivity contribution in [2.75, 3.05) is 0 Å². The first-order chi connectivity index (χ1) is 21.1. The molecule has 0 saturated carbocycles. The molecule has 0 aliphatic heterocycles. The van der Waals surface area contributed by atoms with Gasteiger partial charge in [0.1, 0.15) is 18.1 Å². The second-order valence-corrected chi connectivity index (χ2v) is 10.3. The fraction of sp³-hybridized carbons (Fsp3) is 0.267. The third kappa shape index (κ3) is 8.51. The number of rotatable bonds is 15. The maximum atomic E-state index is 13.5. The number of benzene rings is 2. The Kier molecular flexibility index (Phi) is 10.4. The monoisotopic (exact) mass is 602 g/mol. The highest BCUT2D eigenvalue weighted by atomic mass is 16.4. The second kappa shape index (κ2) is 14.6. The summed E-state index contributed by atoms with van der Waals surface area (Å²) in [7, 11) is 0. The molecular weight excluding hydrogens is 568 g/mol. The summed E-state index contributed by atoms with van der Waals surface area (Å²) in [6, 6.07) is 11.3. The van der Waals surface area contributed by atoms with Crippen molar-refractivity contribution >= 4 is 40.5 Å². The van der Waals surface area contributed by atoms with Crippen LogP contribution in [0.2, 0.25) is 0 Å². The molecule has 14 nitrogen and oxygen atoms in total. The van der Waals surface area contributed by atoms with E-state index in [4.69, 9.17) is 11.5 Å².